The molecular formula is C14H17NO3S. The molecule has 1 aromatic rings. The van der Waals surface area contributed by atoms with E-state index >= 15 is 0 Å². The Morgan fingerprint density at radius 1 is 1.47 bits per heavy atom. The van der Waals surface area contributed by atoms with Crippen LogP contribution in [0.5, 0.6) is 0 Å². The van der Waals surface area contributed by atoms with Crippen LogP contribution in [0.15, 0.2) is 29.4 Å². The summed E-state index contributed by atoms with van der Waals surface area (Å²) in [4.78, 5) is 15.6. The molecule has 0 saturated carbocycles. The summed E-state index contributed by atoms with van der Waals surface area (Å²) in [5.41, 5.74) is 1.00. The van der Waals surface area contributed by atoms with E-state index in [1.807, 2.05) is 24.5 Å². The molecule has 1 aromatic heterocycles. The SMILES string of the molecule is CSc1ccc(C(=CC2CCOCC2)C(=O)O)cn1. The Balaban J connectivity index is 2.22. The van der Waals surface area contributed by atoms with Crippen molar-refractivity contribution in [1.29, 1.82) is 0 Å². The van der Waals surface area contributed by atoms with Crippen molar-refractivity contribution >= 4 is 23.3 Å². The number of aliphatic carboxylic acids is 1. The number of carboxylic acids is 1. The van der Waals surface area contributed by atoms with Crippen molar-refractivity contribution in [2.24, 2.45) is 5.92 Å². The molecule has 1 aliphatic heterocycles. The third-order valence-electron chi connectivity index (χ3n) is 3.16. The molecule has 2 heterocycles. The second-order valence-electron chi connectivity index (χ2n) is 4.42. The number of nitrogens with zero attached hydrogens (tertiary/aromatic N) is 1. The highest BCUT2D eigenvalue weighted by Gasteiger charge is 2.17. The molecule has 0 unspecified atom stereocenters. The first-order chi connectivity index (χ1) is 9.20. The van der Waals surface area contributed by atoms with Gasteiger partial charge in [0.25, 0.3) is 0 Å². The number of rotatable bonds is 4. The number of thioether (sulfide) groups is 1. The van der Waals surface area contributed by atoms with E-state index in [0.29, 0.717) is 24.4 Å². The van der Waals surface area contributed by atoms with Crippen molar-refractivity contribution in [2.45, 2.75) is 17.9 Å². The number of hydrogen-bond donors (Lipinski definition) is 1. The van der Waals surface area contributed by atoms with Gasteiger partial charge in [-0.2, -0.15) is 0 Å². The van der Waals surface area contributed by atoms with Gasteiger partial charge in [-0.1, -0.05) is 6.08 Å². The van der Waals surface area contributed by atoms with Gasteiger partial charge in [0.1, 0.15) is 0 Å². The first-order valence-corrected chi connectivity index (χ1v) is 7.46. The third kappa shape index (κ3) is 3.81. The molecule has 0 atom stereocenters. The summed E-state index contributed by atoms with van der Waals surface area (Å²) in [5, 5.41) is 10.2. The minimum Gasteiger partial charge on any atom is -0.478 e. The van der Waals surface area contributed by atoms with Crippen molar-refractivity contribution in [2.75, 3.05) is 19.5 Å². The van der Waals surface area contributed by atoms with Crippen LogP contribution in [0, 0.1) is 5.92 Å². The van der Waals surface area contributed by atoms with E-state index in [-0.39, 0.29) is 5.92 Å². The van der Waals surface area contributed by atoms with Crippen LogP contribution in [0.25, 0.3) is 5.57 Å². The van der Waals surface area contributed by atoms with E-state index < -0.39 is 5.97 Å². The van der Waals surface area contributed by atoms with Crippen LogP contribution < -0.4 is 0 Å². The zero-order chi connectivity index (χ0) is 13.7. The summed E-state index contributed by atoms with van der Waals surface area (Å²) in [6.45, 7) is 1.41. The predicted octanol–water partition coefficient (Wildman–Crippen LogP) is 2.70. The molecule has 0 spiro atoms. The molecule has 1 N–H and O–H groups in total. The Hall–Kier alpha value is -1.33. The normalized spacial score (nSPS) is 17.4. The van der Waals surface area contributed by atoms with Crippen LogP contribution in [0.2, 0.25) is 0 Å². The average Bonchev–Trinajstić information content (AvgIpc) is 2.46. The molecule has 19 heavy (non-hydrogen) atoms. The summed E-state index contributed by atoms with van der Waals surface area (Å²) in [7, 11) is 0. The maximum Gasteiger partial charge on any atom is 0.336 e. The average molecular weight is 279 g/mol. The van der Waals surface area contributed by atoms with Gasteiger partial charge in [0.2, 0.25) is 0 Å². The van der Waals surface area contributed by atoms with Crippen molar-refractivity contribution in [3.63, 3.8) is 0 Å². The molecule has 0 bridgehead atoms. The van der Waals surface area contributed by atoms with Gasteiger partial charge < -0.3 is 9.84 Å². The first kappa shape index (κ1) is 14.1. The van der Waals surface area contributed by atoms with Gasteiger partial charge in [-0.3, -0.25) is 0 Å². The van der Waals surface area contributed by atoms with Crippen LogP contribution in [0.1, 0.15) is 18.4 Å². The summed E-state index contributed by atoms with van der Waals surface area (Å²) < 4.78 is 5.29. The number of allylic oxidation sites excluding steroid dienone is 1. The van der Waals surface area contributed by atoms with Crippen molar-refractivity contribution in [3.8, 4) is 0 Å². The number of hydrogen-bond acceptors (Lipinski definition) is 4. The summed E-state index contributed by atoms with van der Waals surface area (Å²) in [6, 6.07) is 3.67. The molecule has 4 nitrogen and oxygen atoms in total. The predicted molar refractivity (Wildman–Crippen MR) is 75.2 cm³/mol. The summed E-state index contributed by atoms with van der Waals surface area (Å²) in [5.74, 6) is -0.620. The Labute approximate surface area is 116 Å². The van der Waals surface area contributed by atoms with Gasteiger partial charge in [0.15, 0.2) is 0 Å². The molecule has 1 aliphatic rings. The van der Waals surface area contributed by atoms with Crippen molar-refractivity contribution in [1.82, 2.24) is 4.98 Å². The fourth-order valence-corrected chi connectivity index (χ4v) is 2.43. The van der Waals surface area contributed by atoms with Crippen molar-refractivity contribution in [3.05, 3.63) is 30.0 Å². The number of carbonyl (C=O) groups is 1. The van der Waals surface area contributed by atoms with Gasteiger partial charge in [0, 0.05) is 25.0 Å². The van der Waals surface area contributed by atoms with E-state index in [2.05, 4.69) is 4.98 Å². The van der Waals surface area contributed by atoms with E-state index in [4.69, 9.17) is 4.74 Å². The van der Waals surface area contributed by atoms with Crippen LogP contribution >= 0.6 is 11.8 Å². The zero-order valence-corrected chi connectivity index (χ0v) is 11.7. The minimum atomic E-state index is -0.898. The lowest BCUT2D eigenvalue weighted by Crippen LogP contribution is -2.15. The van der Waals surface area contributed by atoms with Crippen LogP contribution in [-0.2, 0) is 9.53 Å². The standard InChI is InChI=1S/C14H17NO3S/c1-19-13-3-2-11(9-15-13)12(14(16)17)8-10-4-6-18-7-5-10/h2-3,8-10H,4-7H2,1H3,(H,16,17). The van der Waals surface area contributed by atoms with E-state index in [1.54, 1.807) is 6.20 Å². The summed E-state index contributed by atoms with van der Waals surface area (Å²) >= 11 is 1.54. The Morgan fingerprint density at radius 2 is 2.21 bits per heavy atom. The molecule has 0 radical (unpaired) electrons. The smallest absolute Gasteiger partial charge is 0.336 e. The zero-order valence-electron chi connectivity index (χ0n) is 10.8. The summed E-state index contributed by atoms with van der Waals surface area (Å²) in [6.07, 6.45) is 7.18. The quantitative estimate of drug-likeness (QED) is 0.678. The van der Waals surface area contributed by atoms with Gasteiger partial charge >= 0.3 is 5.97 Å². The Morgan fingerprint density at radius 3 is 2.74 bits per heavy atom. The van der Waals surface area contributed by atoms with Gasteiger partial charge in [-0.15, -0.1) is 11.8 Å². The molecule has 5 heteroatoms. The topological polar surface area (TPSA) is 59.4 Å². The maximum absolute atomic E-state index is 11.4. The fourth-order valence-electron chi connectivity index (χ4n) is 2.07. The number of carboxylic acid groups (broad SMARTS) is 1. The van der Waals surface area contributed by atoms with Gasteiger partial charge in [0.05, 0.1) is 10.6 Å². The van der Waals surface area contributed by atoms with Crippen molar-refractivity contribution < 1.29 is 14.6 Å². The second-order valence-corrected chi connectivity index (χ2v) is 5.25. The van der Waals surface area contributed by atoms with E-state index in [9.17, 15) is 9.90 Å². The van der Waals surface area contributed by atoms with Gasteiger partial charge in [-0.25, -0.2) is 9.78 Å². The Kier molecular flexibility index (Phi) is 4.99. The number of pyridine rings is 1. The molecule has 1 fully saturated rings. The highest BCUT2D eigenvalue weighted by molar-refractivity contribution is 7.98. The second kappa shape index (κ2) is 6.73. The molecular weight excluding hydrogens is 262 g/mol. The van der Waals surface area contributed by atoms with Crippen LogP contribution in [0.4, 0.5) is 0 Å². The first-order valence-electron chi connectivity index (χ1n) is 6.24. The molecule has 0 aromatic carbocycles. The van der Waals surface area contributed by atoms with Crippen LogP contribution in [-0.4, -0.2) is 35.5 Å². The van der Waals surface area contributed by atoms with Crippen LogP contribution in [0.3, 0.4) is 0 Å². The van der Waals surface area contributed by atoms with E-state index in [1.165, 1.54) is 11.8 Å². The number of ether oxygens (including phenoxy) is 1. The van der Waals surface area contributed by atoms with Gasteiger partial charge in [-0.05, 0) is 37.1 Å². The maximum atomic E-state index is 11.4. The molecule has 0 aliphatic carbocycles. The molecule has 2 rings (SSSR count). The molecule has 1 saturated heterocycles. The monoisotopic (exact) mass is 279 g/mol. The number of aromatic nitrogens is 1. The highest BCUT2D eigenvalue weighted by atomic mass is 32.2. The molecule has 102 valence electrons. The van der Waals surface area contributed by atoms with E-state index in [0.717, 1.165) is 17.9 Å². The molecule has 0 amide bonds. The lowest BCUT2D eigenvalue weighted by molar-refractivity contribution is -0.130. The lowest BCUT2D eigenvalue weighted by atomic mass is 9.95. The Bertz CT molecular complexity index is 464. The highest BCUT2D eigenvalue weighted by Crippen LogP contribution is 2.23. The largest absolute Gasteiger partial charge is 0.478 e. The lowest BCUT2D eigenvalue weighted by Gasteiger charge is -2.19. The third-order valence-corrected chi connectivity index (χ3v) is 3.81. The fraction of sp³-hybridized carbons (Fsp3) is 0.429. The minimum absolute atomic E-state index is 0.278.